The van der Waals surface area contributed by atoms with Gasteiger partial charge in [0, 0.05) is 20.3 Å². The Balaban J connectivity index is 2.23. The van der Waals surface area contributed by atoms with Gasteiger partial charge in [-0.05, 0) is 13.0 Å². The number of anilines is 2. The van der Waals surface area contributed by atoms with Gasteiger partial charge in [-0.1, -0.05) is 0 Å². The van der Waals surface area contributed by atoms with Gasteiger partial charge in [0.25, 0.3) is 10.0 Å². The second kappa shape index (κ2) is 7.86. The minimum absolute atomic E-state index is 0.0776. The molecule has 0 aliphatic carbocycles. The van der Waals surface area contributed by atoms with Crippen molar-refractivity contribution in [3.05, 3.63) is 18.0 Å². The summed E-state index contributed by atoms with van der Waals surface area (Å²) in [6.45, 7) is 1.97. The molecule has 0 unspecified atom stereocenters. The molecule has 146 valence electrons. The first-order valence-corrected chi connectivity index (χ1v) is 8.95. The van der Waals surface area contributed by atoms with Gasteiger partial charge in [0.1, 0.15) is 10.6 Å². The summed E-state index contributed by atoms with van der Waals surface area (Å²) in [5, 5.41) is 13.9. The summed E-state index contributed by atoms with van der Waals surface area (Å²) in [4.78, 5) is 34.3. The highest BCUT2D eigenvalue weighted by atomic mass is 32.2. The maximum atomic E-state index is 12.3. The molecular formula is C13H17N7O6S. The molecule has 0 bridgehead atoms. The molecular weight excluding hydrogens is 382 g/mol. The van der Waals surface area contributed by atoms with Crippen molar-refractivity contribution in [1.82, 2.24) is 24.2 Å². The van der Waals surface area contributed by atoms with E-state index in [-0.39, 0.29) is 24.5 Å². The Labute approximate surface area is 153 Å². The van der Waals surface area contributed by atoms with Crippen LogP contribution in [0.1, 0.15) is 17.4 Å². The topological polar surface area (TPSA) is 177 Å². The first-order chi connectivity index (χ1) is 12.7. The van der Waals surface area contributed by atoms with Crippen LogP contribution in [-0.2, 0) is 17.1 Å². The number of carbonyl (C=O) groups excluding carboxylic acids is 1. The molecule has 2 rings (SSSR count). The molecule has 14 heteroatoms. The summed E-state index contributed by atoms with van der Waals surface area (Å²) in [6.07, 6.45) is 1.25. The standard InChI is InChI=1S/C13H17N7O6S/c1-4-26-13-17-10(14-2)15-11(18-13)16-12(23)19-27(24,25)7-5-6-20(3)8(7)9(21)22/h5-6H,4H2,1-3H3,(H,21,22)(H3,14,15,16,17,18,19,23). The lowest BCUT2D eigenvalue weighted by Gasteiger charge is -2.09. The molecule has 0 aromatic carbocycles. The van der Waals surface area contributed by atoms with Gasteiger partial charge < -0.3 is 19.7 Å². The zero-order chi connectivity index (χ0) is 20.2. The molecule has 0 spiro atoms. The molecule has 27 heavy (non-hydrogen) atoms. The number of rotatable bonds is 7. The summed E-state index contributed by atoms with van der Waals surface area (Å²) in [5.41, 5.74) is -0.494. The van der Waals surface area contributed by atoms with E-state index in [4.69, 9.17) is 9.84 Å². The van der Waals surface area contributed by atoms with Crippen molar-refractivity contribution < 1.29 is 27.9 Å². The maximum absolute atomic E-state index is 12.3. The van der Waals surface area contributed by atoms with Crippen molar-refractivity contribution in [1.29, 1.82) is 0 Å². The maximum Gasteiger partial charge on any atom is 0.353 e. The monoisotopic (exact) mass is 399 g/mol. The van der Waals surface area contributed by atoms with Gasteiger partial charge in [0.2, 0.25) is 11.9 Å². The summed E-state index contributed by atoms with van der Waals surface area (Å²) in [6, 6.07) is -0.203. The van der Waals surface area contributed by atoms with Crippen LogP contribution in [0.15, 0.2) is 17.2 Å². The van der Waals surface area contributed by atoms with Crippen molar-refractivity contribution in [3.8, 4) is 6.01 Å². The second-order valence-corrected chi connectivity index (χ2v) is 6.60. The summed E-state index contributed by atoms with van der Waals surface area (Å²) in [7, 11) is -1.56. The fourth-order valence-corrected chi connectivity index (χ4v) is 3.13. The molecule has 4 N–H and O–H groups in total. The van der Waals surface area contributed by atoms with Crippen LogP contribution in [0.3, 0.4) is 0 Å². The van der Waals surface area contributed by atoms with Crippen LogP contribution < -0.4 is 20.1 Å². The zero-order valence-electron chi connectivity index (χ0n) is 14.5. The second-order valence-electron chi connectivity index (χ2n) is 4.95. The van der Waals surface area contributed by atoms with Gasteiger partial charge >= 0.3 is 18.0 Å². The fourth-order valence-electron chi connectivity index (χ4n) is 2.00. The number of nitrogens with zero attached hydrogens (tertiary/aromatic N) is 4. The van der Waals surface area contributed by atoms with Crippen LogP contribution >= 0.6 is 0 Å². The van der Waals surface area contributed by atoms with Crippen LogP contribution in [0, 0.1) is 0 Å². The van der Waals surface area contributed by atoms with Gasteiger partial charge in [-0.15, -0.1) is 0 Å². The van der Waals surface area contributed by atoms with Crippen molar-refractivity contribution in [2.75, 3.05) is 24.3 Å². The molecule has 13 nitrogen and oxygen atoms in total. The highest BCUT2D eigenvalue weighted by Crippen LogP contribution is 2.17. The average Bonchev–Trinajstić information content (AvgIpc) is 2.97. The van der Waals surface area contributed by atoms with Crippen molar-refractivity contribution in [2.24, 2.45) is 7.05 Å². The third-order valence-corrected chi connectivity index (χ3v) is 4.45. The van der Waals surface area contributed by atoms with Gasteiger partial charge in [0.15, 0.2) is 0 Å². The molecule has 0 aliphatic rings. The van der Waals surface area contributed by atoms with Crippen LogP contribution in [0.25, 0.3) is 0 Å². The van der Waals surface area contributed by atoms with E-state index in [9.17, 15) is 18.0 Å². The number of carbonyl (C=O) groups is 2. The smallest absolute Gasteiger partial charge is 0.353 e. The molecule has 2 amide bonds. The quantitative estimate of drug-likeness (QED) is 0.490. The van der Waals surface area contributed by atoms with E-state index >= 15 is 0 Å². The highest BCUT2D eigenvalue weighted by Gasteiger charge is 2.27. The van der Waals surface area contributed by atoms with Gasteiger partial charge in [-0.25, -0.2) is 22.7 Å². The predicted molar refractivity (Wildman–Crippen MR) is 92.3 cm³/mol. The predicted octanol–water partition coefficient (Wildman–Crippen LogP) is -0.141. The number of hydrogen-bond acceptors (Lipinski definition) is 9. The summed E-state index contributed by atoms with van der Waals surface area (Å²) >= 11 is 0. The number of amides is 2. The SMILES string of the molecule is CCOc1nc(NC)nc(NC(=O)NS(=O)(=O)c2ccn(C)c2C(=O)O)n1. The first kappa shape index (κ1) is 19.9. The first-order valence-electron chi connectivity index (χ1n) is 7.47. The number of sulfonamides is 1. The third kappa shape index (κ3) is 4.60. The number of aromatic carboxylic acids is 1. The zero-order valence-corrected chi connectivity index (χ0v) is 15.4. The van der Waals surface area contributed by atoms with Crippen LogP contribution in [0.5, 0.6) is 6.01 Å². The van der Waals surface area contributed by atoms with Crippen LogP contribution in [-0.4, -0.2) is 58.7 Å². The van der Waals surface area contributed by atoms with E-state index in [1.165, 1.54) is 20.3 Å². The number of carboxylic acid groups (broad SMARTS) is 1. The minimum Gasteiger partial charge on any atom is -0.477 e. The minimum atomic E-state index is -4.45. The molecule has 2 aromatic heterocycles. The van der Waals surface area contributed by atoms with E-state index in [0.29, 0.717) is 0 Å². The largest absolute Gasteiger partial charge is 0.477 e. The van der Waals surface area contributed by atoms with Gasteiger partial charge in [-0.2, -0.15) is 15.0 Å². The van der Waals surface area contributed by atoms with Gasteiger partial charge in [-0.3, -0.25) is 5.32 Å². The number of hydrogen-bond donors (Lipinski definition) is 4. The van der Waals surface area contributed by atoms with E-state index in [1.54, 1.807) is 11.6 Å². The molecule has 0 radical (unpaired) electrons. The van der Waals surface area contributed by atoms with Gasteiger partial charge in [0.05, 0.1) is 6.61 Å². The summed E-state index contributed by atoms with van der Waals surface area (Å²) in [5.74, 6) is -1.64. The highest BCUT2D eigenvalue weighted by molar-refractivity contribution is 7.90. The number of urea groups is 1. The Morgan fingerprint density at radius 1 is 1.26 bits per heavy atom. The normalized spacial score (nSPS) is 10.9. The molecule has 2 aromatic rings. The Bertz CT molecular complexity index is 972. The Morgan fingerprint density at radius 3 is 2.52 bits per heavy atom. The van der Waals surface area contributed by atoms with E-state index < -0.39 is 32.6 Å². The van der Waals surface area contributed by atoms with Crippen molar-refractivity contribution >= 4 is 33.9 Å². The lowest BCUT2D eigenvalue weighted by atomic mass is 10.4. The molecule has 0 saturated heterocycles. The Morgan fingerprint density at radius 2 is 1.93 bits per heavy atom. The average molecular weight is 399 g/mol. The Hall–Kier alpha value is -3.42. The fraction of sp³-hybridized carbons (Fsp3) is 0.308. The lowest BCUT2D eigenvalue weighted by Crippen LogP contribution is -2.35. The number of carboxylic acids is 1. The lowest BCUT2D eigenvalue weighted by molar-refractivity contribution is 0.0682. The molecule has 0 aliphatic heterocycles. The third-order valence-electron chi connectivity index (χ3n) is 3.09. The number of aromatic nitrogens is 4. The Kier molecular flexibility index (Phi) is 5.79. The number of nitrogens with one attached hydrogen (secondary N) is 3. The van der Waals surface area contributed by atoms with E-state index in [1.807, 2.05) is 0 Å². The number of aryl methyl sites for hydroxylation is 1. The molecule has 0 saturated carbocycles. The van der Waals surface area contributed by atoms with Crippen molar-refractivity contribution in [3.63, 3.8) is 0 Å². The summed E-state index contributed by atoms with van der Waals surface area (Å²) < 4.78 is 32.6. The molecule has 0 atom stereocenters. The van der Waals surface area contributed by atoms with E-state index in [0.717, 1.165) is 10.6 Å². The molecule has 0 fully saturated rings. The number of ether oxygens (including phenoxy) is 1. The van der Waals surface area contributed by atoms with Crippen LogP contribution in [0.4, 0.5) is 16.7 Å². The van der Waals surface area contributed by atoms with Crippen molar-refractivity contribution in [2.45, 2.75) is 11.8 Å². The van der Waals surface area contributed by atoms with Crippen LogP contribution in [0.2, 0.25) is 0 Å². The molecule has 2 heterocycles. The van der Waals surface area contributed by atoms with E-state index in [2.05, 4.69) is 25.6 Å².